The van der Waals surface area contributed by atoms with Crippen LogP contribution in [0.2, 0.25) is 0 Å². The number of hydrogen-bond donors (Lipinski definition) is 1. The van der Waals surface area contributed by atoms with Crippen molar-refractivity contribution in [2.45, 2.75) is 18.8 Å². The maximum atomic E-state index is 12.6. The summed E-state index contributed by atoms with van der Waals surface area (Å²) in [5, 5.41) is 1.81. The van der Waals surface area contributed by atoms with Gasteiger partial charge in [-0.15, -0.1) is 0 Å². The highest BCUT2D eigenvalue weighted by atomic mass is 19.4. The van der Waals surface area contributed by atoms with Crippen molar-refractivity contribution < 1.29 is 31.1 Å². The Labute approximate surface area is 104 Å². The molecule has 1 amide bonds. The van der Waals surface area contributed by atoms with Gasteiger partial charge in [-0.1, -0.05) is 12.1 Å². The molecule has 0 aromatic heterocycles. The molecule has 0 aliphatic carbocycles. The van der Waals surface area contributed by atoms with Crippen LogP contribution in [0.15, 0.2) is 24.3 Å². The number of rotatable bonds is 3. The number of carbonyl (C=O) groups is 1. The molecule has 1 aromatic carbocycles. The van der Waals surface area contributed by atoms with Crippen molar-refractivity contribution in [3.8, 4) is 0 Å². The van der Waals surface area contributed by atoms with Crippen molar-refractivity contribution in [1.29, 1.82) is 0 Å². The normalized spacial score (nSPS) is 12.3. The fourth-order valence-electron chi connectivity index (χ4n) is 1.34. The Morgan fingerprint density at radius 2 is 1.63 bits per heavy atom. The molecular formula is C11H9F6NO. The molecule has 0 heterocycles. The Balaban J connectivity index is 2.78. The summed E-state index contributed by atoms with van der Waals surface area (Å²) < 4.78 is 73.2. The van der Waals surface area contributed by atoms with E-state index in [0.29, 0.717) is 6.07 Å². The molecular weight excluding hydrogens is 276 g/mol. The lowest BCUT2D eigenvalue weighted by molar-refractivity contribution is -0.138. The Bertz CT molecular complexity index is 451. The van der Waals surface area contributed by atoms with Crippen LogP contribution in [-0.4, -0.2) is 18.6 Å². The van der Waals surface area contributed by atoms with Gasteiger partial charge in [-0.05, 0) is 12.1 Å². The van der Waals surface area contributed by atoms with E-state index in [1.165, 1.54) is 6.07 Å². The summed E-state index contributed by atoms with van der Waals surface area (Å²) in [4.78, 5) is 11.4. The van der Waals surface area contributed by atoms with Crippen LogP contribution in [0.3, 0.4) is 0 Å². The summed E-state index contributed by atoms with van der Waals surface area (Å²) in [6, 6.07) is 3.90. The predicted molar refractivity (Wildman–Crippen MR) is 54.4 cm³/mol. The third kappa shape index (κ3) is 4.80. The van der Waals surface area contributed by atoms with Gasteiger partial charge in [0.1, 0.15) is 0 Å². The Morgan fingerprint density at radius 3 is 2.16 bits per heavy atom. The van der Waals surface area contributed by atoms with Crippen molar-refractivity contribution >= 4 is 5.91 Å². The number of nitrogens with one attached hydrogen (secondary N) is 1. The zero-order valence-electron chi connectivity index (χ0n) is 9.40. The molecule has 0 unspecified atom stereocenters. The highest BCUT2D eigenvalue weighted by molar-refractivity contribution is 5.95. The number of carbonyl (C=O) groups excluding carboxylic acids is 1. The van der Waals surface area contributed by atoms with Crippen LogP contribution in [0.4, 0.5) is 26.3 Å². The molecule has 0 aliphatic rings. The van der Waals surface area contributed by atoms with Gasteiger partial charge in [-0.3, -0.25) is 4.79 Å². The van der Waals surface area contributed by atoms with Gasteiger partial charge in [0.15, 0.2) is 0 Å². The second-order valence-electron chi connectivity index (χ2n) is 3.66. The van der Waals surface area contributed by atoms with Gasteiger partial charge in [0.2, 0.25) is 0 Å². The molecule has 2 nitrogen and oxygen atoms in total. The maximum absolute atomic E-state index is 12.6. The van der Waals surface area contributed by atoms with E-state index >= 15 is 0 Å². The summed E-state index contributed by atoms with van der Waals surface area (Å²) in [7, 11) is 0. The molecule has 1 rings (SSSR count). The van der Waals surface area contributed by atoms with Crippen LogP contribution in [0, 0.1) is 0 Å². The molecule has 19 heavy (non-hydrogen) atoms. The molecule has 0 saturated carbocycles. The molecule has 0 aliphatic heterocycles. The number of halogens is 6. The lowest BCUT2D eigenvalue weighted by Crippen LogP contribution is -2.29. The topological polar surface area (TPSA) is 29.1 Å². The number of alkyl halides is 6. The van der Waals surface area contributed by atoms with E-state index in [0.717, 1.165) is 12.1 Å². The number of benzene rings is 1. The summed E-state index contributed by atoms with van der Waals surface area (Å²) in [5.41, 5.74) is -1.88. The van der Waals surface area contributed by atoms with E-state index < -0.39 is 42.4 Å². The summed E-state index contributed by atoms with van der Waals surface area (Å²) in [6.45, 7) is -0.769. The molecule has 0 spiro atoms. The minimum absolute atomic E-state index is 0.693. The lowest BCUT2D eigenvalue weighted by atomic mass is 10.1. The molecule has 1 N–H and O–H groups in total. The van der Waals surface area contributed by atoms with Crippen molar-refractivity contribution in [2.24, 2.45) is 0 Å². The van der Waals surface area contributed by atoms with Crippen molar-refractivity contribution in [3.05, 3.63) is 35.4 Å². The highest BCUT2D eigenvalue weighted by Gasteiger charge is 2.35. The van der Waals surface area contributed by atoms with E-state index in [1.54, 1.807) is 0 Å². The molecule has 0 bridgehead atoms. The van der Waals surface area contributed by atoms with E-state index in [9.17, 15) is 31.1 Å². The first kappa shape index (κ1) is 15.3. The quantitative estimate of drug-likeness (QED) is 0.847. The van der Waals surface area contributed by atoms with Crippen LogP contribution >= 0.6 is 0 Å². The average molecular weight is 285 g/mol. The fourth-order valence-corrected chi connectivity index (χ4v) is 1.34. The van der Waals surface area contributed by atoms with Crippen LogP contribution in [0.1, 0.15) is 22.3 Å². The Morgan fingerprint density at radius 1 is 1.05 bits per heavy atom. The highest BCUT2D eigenvalue weighted by Crippen LogP contribution is 2.31. The zero-order chi connectivity index (χ0) is 14.7. The molecule has 0 atom stereocenters. The second kappa shape index (κ2) is 5.50. The van der Waals surface area contributed by atoms with E-state index in [4.69, 9.17) is 0 Å². The van der Waals surface area contributed by atoms with E-state index in [-0.39, 0.29) is 0 Å². The van der Waals surface area contributed by atoms with Gasteiger partial charge in [0, 0.05) is 6.54 Å². The molecule has 0 radical (unpaired) electrons. The van der Waals surface area contributed by atoms with Crippen LogP contribution in [-0.2, 0) is 6.18 Å². The van der Waals surface area contributed by atoms with Crippen molar-refractivity contribution in [1.82, 2.24) is 5.32 Å². The summed E-state index contributed by atoms with van der Waals surface area (Å²) in [6.07, 6.45) is -10.5. The maximum Gasteiger partial charge on any atom is 0.417 e. The lowest BCUT2D eigenvalue weighted by Gasteiger charge is -2.13. The monoisotopic (exact) mass is 285 g/mol. The number of amides is 1. The van der Waals surface area contributed by atoms with Gasteiger partial charge in [0.25, 0.3) is 5.91 Å². The van der Waals surface area contributed by atoms with Gasteiger partial charge in [-0.25, -0.2) is 0 Å². The second-order valence-corrected chi connectivity index (χ2v) is 3.66. The molecule has 8 heteroatoms. The molecule has 0 saturated heterocycles. The minimum Gasteiger partial charge on any atom is -0.352 e. The standard InChI is InChI=1S/C11H9F6NO/c12-10(13,14)5-6-18-9(19)7-3-1-2-4-8(7)11(15,16)17/h1-4H,5-6H2,(H,18,19). The Kier molecular flexibility index (Phi) is 4.43. The first-order valence-corrected chi connectivity index (χ1v) is 5.12. The van der Waals surface area contributed by atoms with Gasteiger partial charge < -0.3 is 5.32 Å². The average Bonchev–Trinajstić information content (AvgIpc) is 2.26. The third-order valence-electron chi connectivity index (χ3n) is 2.17. The largest absolute Gasteiger partial charge is 0.417 e. The zero-order valence-corrected chi connectivity index (χ0v) is 9.40. The van der Waals surface area contributed by atoms with Crippen molar-refractivity contribution in [2.75, 3.05) is 6.54 Å². The predicted octanol–water partition coefficient (Wildman–Crippen LogP) is 3.39. The Hall–Kier alpha value is -1.73. The number of hydrogen-bond acceptors (Lipinski definition) is 1. The minimum atomic E-state index is -4.74. The van der Waals surface area contributed by atoms with E-state index in [1.807, 2.05) is 5.32 Å². The molecule has 0 fully saturated rings. The summed E-state index contributed by atoms with van der Waals surface area (Å²) in [5.74, 6) is -1.18. The SMILES string of the molecule is O=C(NCCC(F)(F)F)c1ccccc1C(F)(F)F. The molecule has 1 aromatic rings. The summed E-state index contributed by atoms with van der Waals surface area (Å²) >= 11 is 0. The fraction of sp³-hybridized carbons (Fsp3) is 0.364. The van der Waals surface area contributed by atoms with E-state index in [2.05, 4.69) is 0 Å². The van der Waals surface area contributed by atoms with Crippen LogP contribution < -0.4 is 5.32 Å². The third-order valence-corrected chi connectivity index (χ3v) is 2.17. The first-order chi connectivity index (χ1) is 8.61. The van der Waals surface area contributed by atoms with Crippen LogP contribution in [0.25, 0.3) is 0 Å². The van der Waals surface area contributed by atoms with Gasteiger partial charge in [0.05, 0.1) is 17.5 Å². The van der Waals surface area contributed by atoms with Gasteiger partial charge >= 0.3 is 12.4 Å². The smallest absolute Gasteiger partial charge is 0.352 e. The van der Waals surface area contributed by atoms with Gasteiger partial charge in [-0.2, -0.15) is 26.3 Å². The van der Waals surface area contributed by atoms with Crippen molar-refractivity contribution in [3.63, 3.8) is 0 Å². The molecule has 106 valence electrons. The first-order valence-electron chi connectivity index (χ1n) is 5.12. The van der Waals surface area contributed by atoms with Crippen LogP contribution in [0.5, 0.6) is 0 Å².